The average Bonchev–Trinajstić information content (AvgIpc) is 3.38. The molecule has 1 amide bonds. The van der Waals surface area contributed by atoms with Crippen molar-refractivity contribution in [1.29, 1.82) is 0 Å². The predicted octanol–water partition coefficient (Wildman–Crippen LogP) is 6.88. The van der Waals surface area contributed by atoms with Crippen molar-refractivity contribution in [3.05, 3.63) is 70.2 Å². The molecule has 38 heavy (non-hydrogen) atoms. The van der Waals surface area contributed by atoms with Crippen LogP contribution in [0, 0.1) is 5.92 Å². The molecule has 0 saturated carbocycles. The Balaban J connectivity index is 1.38. The molecular formula is C28H31F3N4OS2. The third kappa shape index (κ3) is 7.54. The third-order valence-corrected chi connectivity index (χ3v) is 7.80. The Morgan fingerprint density at radius 3 is 2.47 bits per heavy atom. The van der Waals surface area contributed by atoms with Crippen LogP contribution in [0.25, 0.3) is 11.1 Å². The maximum atomic E-state index is 13.0. The van der Waals surface area contributed by atoms with Crippen LogP contribution in [0.3, 0.4) is 0 Å². The Hall–Kier alpha value is -2.98. The van der Waals surface area contributed by atoms with Gasteiger partial charge in [-0.2, -0.15) is 13.2 Å². The van der Waals surface area contributed by atoms with E-state index in [-0.39, 0.29) is 17.4 Å². The minimum absolute atomic E-state index is 0.192. The summed E-state index contributed by atoms with van der Waals surface area (Å²) in [6.07, 6.45) is -3.39. The van der Waals surface area contributed by atoms with E-state index in [2.05, 4.69) is 34.4 Å². The van der Waals surface area contributed by atoms with Crippen LogP contribution in [0.15, 0.2) is 53.9 Å². The summed E-state index contributed by atoms with van der Waals surface area (Å²) >= 11 is 7.02. The lowest BCUT2D eigenvalue weighted by atomic mass is 9.98. The molecule has 2 N–H and O–H groups in total. The lowest BCUT2D eigenvalue weighted by Gasteiger charge is -2.33. The summed E-state index contributed by atoms with van der Waals surface area (Å²) in [4.78, 5) is 19.9. The van der Waals surface area contributed by atoms with Crippen molar-refractivity contribution in [1.82, 2.24) is 15.2 Å². The highest BCUT2D eigenvalue weighted by Gasteiger charge is 2.28. The molecule has 1 saturated heterocycles. The molecule has 1 aliphatic rings. The Morgan fingerprint density at radius 2 is 1.82 bits per heavy atom. The fraction of sp³-hybridized carbons (Fsp3) is 0.393. The number of benzene rings is 2. The standard InChI is InChI=1S/C28H31F3N4OS2/c1-18(2)16-32-27(37)35-13-11-21(12-14-35)26-34-24(17-38-26)25(36)33-23-6-4-3-5-22(23)20-9-7-19(8-10-20)15-28(29,30)31/h3-10,17-18,21H,11-16H2,1-2H3,(H,32,37)(H,33,36). The van der Waals surface area contributed by atoms with Gasteiger partial charge in [0.25, 0.3) is 5.91 Å². The molecule has 202 valence electrons. The first-order chi connectivity index (χ1) is 18.1. The van der Waals surface area contributed by atoms with Gasteiger partial charge in [-0.3, -0.25) is 4.79 Å². The first-order valence-corrected chi connectivity index (χ1v) is 13.9. The van der Waals surface area contributed by atoms with Gasteiger partial charge in [0.2, 0.25) is 0 Å². The molecule has 0 unspecified atom stereocenters. The number of nitrogens with zero attached hydrogens (tertiary/aromatic N) is 2. The molecular weight excluding hydrogens is 529 g/mol. The number of nitrogens with one attached hydrogen (secondary N) is 2. The number of hydrogen-bond donors (Lipinski definition) is 2. The number of hydrogen-bond acceptors (Lipinski definition) is 4. The highest BCUT2D eigenvalue weighted by molar-refractivity contribution is 7.80. The summed E-state index contributed by atoms with van der Waals surface area (Å²) in [5.74, 6) is 0.500. The summed E-state index contributed by atoms with van der Waals surface area (Å²) in [5, 5.41) is 9.78. The number of alkyl halides is 3. The van der Waals surface area contributed by atoms with Gasteiger partial charge in [-0.05, 0) is 48.2 Å². The lowest BCUT2D eigenvalue weighted by molar-refractivity contribution is -0.127. The topological polar surface area (TPSA) is 57.3 Å². The van der Waals surface area contributed by atoms with Gasteiger partial charge in [-0.15, -0.1) is 11.3 Å². The second-order valence-electron chi connectivity index (χ2n) is 9.90. The number of amides is 1. The van der Waals surface area contributed by atoms with Crippen molar-refractivity contribution in [3.8, 4) is 11.1 Å². The first-order valence-electron chi connectivity index (χ1n) is 12.6. The molecule has 5 nitrogen and oxygen atoms in total. The molecule has 4 rings (SSSR count). The van der Waals surface area contributed by atoms with E-state index in [0.717, 1.165) is 53.7 Å². The van der Waals surface area contributed by atoms with Gasteiger partial charge < -0.3 is 15.5 Å². The number of halogens is 3. The van der Waals surface area contributed by atoms with Gasteiger partial charge in [-0.1, -0.05) is 56.3 Å². The van der Waals surface area contributed by atoms with Crippen LogP contribution in [0.2, 0.25) is 0 Å². The summed E-state index contributed by atoms with van der Waals surface area (Å²) in [7, 11) is 0. The molecule has 1 aromatic heterocycles. The van der Waals surface area contributed by atoms with Crippen LogP contribution >= 0.6 is 23.6 Å². The van der Waals surface area contributed by atoms with E-state index >= 15 is 0 Å². The van der Waals surface area contributed by atoms with Crippen molar-refractivity contribution in [2.45, 2.75) is 45.2 Å². The minimum Gasteiger partial charge on any atom is -0.362 e. The Bertz CT molecular complexity index is 1250. The van der Waals surface area contributed by atoms with Crippen LogP contribution in [-0.2, 0) is 6.42 Å². The van der Waals surface area contributed by atoms with E-state index in [1.165, 1.54) is 23.5 Å². The third-order valence-electron chi connectivity index (χ3n) is 6.39. The molecule has 0 spiro atoms. The summed E-state index contributed by atoms with van der Waals surface area (Å²) in [5.41, 5.74) is 2.57. The molecule has 0 radical (unpaired) electrons. The molecule has 0 aliphatic carbocycles. The van der Waals surface area contributed by atoms with Crippen LogP contribution in [0.5, 0.6) is 0 Å². The zero-order chi connectivity index (χ0) is 27.3. The van der Waals surface area contributed by atoms with Crippen molar-refractivity contribution >= 4 is 40.3 Å². The predicted molar refractivity (Wildman–Crippen MR) is 151 cm³/mol. The second kappa shape index (κ2) is 12.3. The van der Waals surface area contributed by atoms with Gasteiger partial charge in [0.05, 0.1) is 11.4 Å². The van der Waals surface area contributed by atoms with Crippen LogP contribution < -0.4 is 10.6 Å². The Morgan fingerprint density at radius 1 is 1.13 bits per heavy atom. The van der Waals surface area contributed by atoms with Gasteiger partial charge in [-0.25, -0.2) is 4.98 Å². The van der Waals surface area contributed by atoms with E-state index < -0.39 is 12.6 Å². The van der Waals surface area contributed by atoms with Gasteiger partial charge in [0, 0.05) is 42.2 Å². The number of anilines is 1. The SMILES string of the molecule is CC(C)CNC(=S)N1CCC(c2nc(C(=O)Nc3ccccc3-c3ccc(CC(F)(F)F)cc3)cs2)CC1. The molecule has 2 aromatic carbocycles. The maximum absolute atomic E-state index is 13.0. The quantitative estimate of drug-likeness (QED) is 0.309. The second-order valence-corrected chi connectivity index (χ2v) is 11.2. The maximum Gasteiger partial charge on any atom is 0.393 e. The van der Waals surface area contributed by atoms with Gasteiger partial charge in [0.1, 0.15) is 5.69 Å². The van der Waals surface area contributed by atoms with E-state index in [0.29, 0.717) is 17.3 Å². The molecule has 1 aliphatic heterocycles. The number of carbonyl (C=O) groups is 1. The number of thiazole rings is 1. The number of aromatic nitrogens is 1. The molecule has 0 atom stereocenters. The number of carbonyl (C=O) groups excluding carboxylic acids is 1. The molecule has 10 heteroatoms. The normalized spacial score (nSPS) is 14.5. The van der Waals surface area contributed by atoms with E-state index in [1.54, 1.807) is 29.6 Å². The largest absolute Gasteiger partial charge is 0.393 e. The number of likely N-dealkylation sites (tertiary alicyclic amines) is 1. The zero-order valence-electron chi connectivity index (χ0n) is 21.3. The monoisotopic (exact) mass is 560 g/mol. The number of para-hydroxylation sites is 1. The van der Waals surface area contributed by atoms with Crippen molar-refractivity contribution in [2.75, 3.05) is 25.0 Å². The van der Waals surface area contributed by atoms with Gasteiger partial charge >= 0.3 is 6.18 Å². The van der Waals surface area contributed by atoms with Crippen molar-refractivity contribution < 1.29 is 18.0 Å². The van der Waals surface area contributed by atoms with Gasteiger partial charge in [0.15, 0.2) is 5.11 Å². The van der Waals surface area contributed by atoms with Crippen molar-refractivity contribution in [2.24, 2.45) is 5.92 Å². The summed E-state index contributed by atoms with van der Waals surface area (Å²) in [6.45, 7) is 6.86. The van der Waals surface area contributed by atoms with Crippen LogP contribution in [0.1, 0.15) is 53.7 Å². The number of piperidine rings is 1. The highest BCUT2D eigenvalue weighted by atomic mass is 32.1. The Kier molecular flexibility index (Phi) is 9.04. The fourth-order valence-electron chi connectivity index (χ4n) is 4.38. The van der Waals surface area contributed by atoms with Crippen LogP contribution in [0.4, 0.5) is 18.9 Å². The number of thiocarbonyl (C=S) groups is 1. The molecule has 0 bridgehead atoms. The van der Waals surface area contributed by atoms with Crippen molar-refractivity contribution in [3.63, 3.8) is 0 Å². The van der Waals surface area contributed by atoms with E-state index in [9.17, 15) is 18.0 Å². The average molecular weight is 561 g/mol. The highest BCUT2D eigenvalue weighted by Crippen LogP contribution is 2.32. The smallest absolute Gasteiger partial charge is 0.362 e. The fourth-order valence-corrected chi connectivity index (χ4v) is 5.61. The van der Waals surface area contributed by atoms with Crippen LogP contribution in [-0.4, -0.2) is 46.7 Å². The molecule has 1 fully saturated rings. The minimum atomic E-state index is -4.26. The van der Waals surface area contributed by atoms with E-state index in [4.69, 9.17) is 12.2 Å². The first kappa shape index (κ1) is 28.0. The van der Waals surface area contributed by atoms with E-state index in [1.807, 2.05) is 12.1 Å². The number of rotatable bonds is 7. The Labute approximate surface area is 230 Å². The zero-order valence-corrected chi connectivity index (χ0v) is 23.0. The summed E-state index contributed by atoms with van der Waals surface area (Å²) < 4.78 is 38.1. The summed E-state index contributed by atoms with van der Waals surface area (Å²) in [6, 6.07) is 13.4. The lowest BCUT2D eigenvalue weighted by Crippen LogP contribution is -2.44. The molecule has 3 aromatic rings. The molecule has 2 heterocycles.